The van der Waals surface area contributed by atoms with Gasteiger partial charge in [-0.15, -0.1) is 0 Å². The SMILES string of the molecule is CCn1ccc2c(CNC)cccc21. The predicted molar refractivity (Wildman–Crippen MR) is 60.4 cm³/mol. The maximum absolute atomic E-state index is 3.19. The third-order valence-corrected chi connectivity index (χ3v) is 2.61. The highest BCUT2D eigenvalue weighted by molar-refractivity contribution is 5.83. The lowest BCUT2D eigenvalue weighted by Gasteiger charge is -2.04. The molecule has 1 heterocycles. The topological polar surface area (TPSA) is 17.0 Å². The van der Waals surface area contributed by atoms with Crippen LogP contribution in [0.1, 0.15) is 12.5 Å². The van der Waals surface area contributed by atoms with E-state index in [0.717, 1.165) is 13.1 Å². The van der Waals surface area contributed by atoms with E-state index in [1.165, 1.54) is 16.5 Å². The minimum absolute atomic E-state index is 0.936. The van der Waals surface area contributed by atoms with Crippen LogP contribution in [0.25, 0.3) is 10.9 Å². The molecule has 0 radical (unpaired) electrons. The van der Waals surface area contributed by atoms with Crippen LogP contribution < -0.4 is 5.32 Å². The molecule has 0 bridgehead atoms. The molecule has 2 nitrogen and oxygen atoms in total. The molecular weight excluding hydrogens is 172 g/mol. The summed E-state index contributed by atoms with van der Waals surface area (Å²) in [4.78, 5) is 0. The molecule has 1 aromatic carbocycles. The van der Waals surface area contributed by atoms with E-state index in [1.807, 2.05) is 7.05 Å². The van der Waals surface area contributed by atoms with Crippen molar-refractivity contribution in [2.75, 3.05) is 7.05 Å². The highest BCUT2D eigenvalue weighted by atomic mass is 14.9. The predicted octanol–water partition coefficient (Wildman–Crippen LogP) is 2.38. The van der Waals surface area contributed by atoms with E-state index >= 15 is 0 Å². The second-order valence-corrected chi connectivity index (χ2v) is 3.48. The molecule has 14 heavy (non-hydrogen) atoms. The summed E-state index contributed by atoms with van der Waals surface area (Å²) in [5.41, 5.74) is 2.71. The number of rotatable bonds is 3. The van der Waals surface area contributed by atoms with Gasteiger partial charge in [0.2, 0.25) is 0 Å². The van der Waals surface area contributed by atoms with E-state index in [2.05, 4.69) is 47.3 Å². The number of nitrogens with one attached hydrogen (secondary N) is 1. The Morgan fingerprint density at radius 3 is 2.86 bits per heavy atom. The Morgan fingerprint density at radius 2 is 2.14 bits per heavy atom. The number of hydrogen-bond acceptors (Lipinski definition) is 1. The van der Waals surface area contributed by atoms with Gasteiger partial charge in [-0.05, 0) is 31.7 Å². The van der Waals surface area contributed by atoms with Crippen molar-refractivity contribution in [3.05, 3.63) is 36.0 Å². The molecule has 0 unspecified atom stereocenters. The summed E-state index contributed by atoms with van der Waals surface area (Å²) in [6, 6.07) is 8.68. The standard InChI is InChI=1S/C12H16N2/c1-3-14-8-7-11-10(9-13-2)5-4-6-12(11)14/h4-8,13H,3,9H2,1-2H3. The molecule has 0 amide bonds. The molecule has 74 valence electrons. The molecule has 0 atom stereocenters. The van der Waals surface area contributed by atoms with Crippen LogP contribution >= 0.6 is 0 Å². The van der Waals surface area contributed by atoms with Crippen molar-refractivity contribution < 1.29 is 0 Å². The van der Waals surface area contributed by atoms with Gasteiger partial charge in [-0.25, -0.2) is 0 Å². The Bertz CT molecular complexity index is 429. The molecule has 0 saturated heterocycles. The van der Waals surface area contributed by atoms with Gasteiger partial charge in [0.1, 0.15) is 0 Å². The zero-order chi connectivity index (χ0) is 9.97. The number of nitrogens with zero attached hydrogens (tertiary/aromatic N) is 1. The second kappa shape index (κ2) is 3.84. The van der Waals surface area contributed by atoms with Gasteiger partial charge in [-0.1, -0.05) is 12.1 Å². The summed E-state index contributed by atoms with van der Waals surface area (Å²) >= 11 is 0. The van der Waals surface area contributed by atoms with Crippen LogP contribution in [0.3, 0.4) is 0 Å². The van der Waals surface area contributed by atoms with Gasteiger partial charge < -0.3 is 9.88 Å². The van der Waals surface area contributed by atoms with Gasteiger partial charge >= 0.3 is 0 Å². The molecule has 2 rings (SSSR count). The first kappa shape index (κ1) is 9.28. The molecule has 0 aliphatic heterocycles. The van der Waals surface area contributed by atoms with Crippen LogP contribution in [-0.4, -0.2) is 11.6 Å². The molecule has 1 N–H and O–H groups in total. The van der Waals surface area contributed by atoms with Crippen molar-refractivity contribution in [2.24, 2.45) is 0 Å². The number of hydrogen-bond donors (Lipinski definition) is 1. The van der Waals surface area contributed by atoms with Gasteiger partial charge in [0.15, 0.2) is 0 Å². The average Bonchev–Trinajstić information content (AvgIpc) is 2.62. The van der Waals surface area contributed by atoms with Crippen LogP contribution in [0.5, 0.6) is 0 Å². The molecule has 0 spiro atoms. The number of benzene rings is 1. The lowest BCUT2D eigenvalue weighted by Crippen LogP contribution is -2.05. The Kier molecular flexibility index (Phi) is 2.55. The fraction of sp³-hybridized carbons (Fsp3) is 0.333. The maximum atomic E-state index is 3.19. The molecule has 2 aromatic rings. The summed E-state index contributed by atoms with van der Waals surface area (Å²) in [5.74, 6) is 0. The van der Waals surface area contributed by atoms with Gasteiger partial charge in [-0.3, -0.25) is 0 Å². The highest BCUT2D eigenvalue weighted by Gasteiger charge is 2.02. The Morgan fingerprint density at radius 1 is 1.29 bits per heavy atom. The van der Waals surface area contributed by atoms with Crippen molar-refractivity contribution in [3.8, 4) is 0 Å². The number of fused-ring (bicyclic) bond motifs is 1. The van der Waals surface area contributed by atoms with Gasteiger partial charge in [0.25, 0.3) is 0 Å². The molecule has 1 aromatic heterocycles. The highest BCUT2D eigenvalue weighted by Crippen LogP contribution is 2.19. The van der Waals surface area contributed by atoms with Gasteiger partial charge in [0, 0.05) is 30.2 Å². The zero-order valence-corrected chi connectivity index (χ0v) is 8.75. The van der Waals surface area contributed by atoms with Gasteiger partial charge in [0.05, 0.1) is 0 Å². The molecule has 0 fully saturated rings. The minimum atomic E-state index is 0.936. The third-order valence-electron chi connectivity index (χ3n) is 2.61. The molecule has 0 aliphatic carbocycles. The summed E-state index contributed by atoms with van der Waals surface area (Å²) in [6.45, 7) is 4.14. The van der Waals surface area contributed by atoms with Gasteiger partial charge in [-0.2, -0.15) is 0 Å². The van der Waals surface area contributed by atoms with E-state index in [1.54, 1.807) is 0 Å². The van der Waals surface area contributed by atoms with Crippen LogP contribution in [0, 0.1) is 0 Å². The van der Waals surface area contributed by atoms with Crippen molar-refractivity contribution in [1.29, 1.82) is 0 Å². The summed E-state index contributed by atoms with van der Waals surface area (Å²) < 4.78 is 2.27. The van der Waals surface area contributed by atoms with Crippen LogP contribution in [-0.2, 0) is 13.1 Å². The Balaban J connectivity index is 2.58. The molecule has 0 saturated carbocycles. The normalized spacial score (nSPS) is 11.0. The minimum Gasteiger partial charge on any atom is -0.348 e. The van der Waals surface area contributed by atoms with E-state index in [9.17, 15) is 0 Å². The zero-order valence-electron chi connectivity index (χ0n) is 8.75. The van der Waals surface area contributed by atoms with Crippen molar-refractivity contribution >= 4 is 10.9 Å². The lowest BCUT2D eigenvalue weighted by molar-refractivity contribution is 0.796. The number of aromatic nitrogens is 1. The van der Waals surface area contributed by atoms with Crippen LogP contribution in [0.4, 0.5) is 0 Å². The monoisotopic (exact) mass is 188 g/mol. The first-order valence-corrected chi connectivity index (χ1v) is 5.08. The fourth-order valence-corrected chi connectivity index (χ4v) is 1.91. The lowest BCUT2D eigenvalue weighted by atomic mass is 10.1. The Hall–Kier alpha value is -1.28. The summed E-state index contributed by atoms with van der Waals surface area (Å²) in [7, 11) is 1.98. The first-order valence-electron chi connectivity index (χ1n) is 5.08. The molecule has 0 aliphatic rings. The van der Waals surface area contributed by atoms with Crippen LogP contribution in [0.15, 0.2) is 30.5 Å². The van der Waals surface area contributed by atoms with Crippen molar-refractivity contribution in [1.82, 2.24) is 9.88 Å². The van der Waals surface area contributed by atoms with E-state index < -0.39 is 0 Å². The van der Waals surface area contributed by atoms with Crippen molar-refractivity contribution in [3.63, 3.8) is 0 Å². The van der Waals surface area contributed by atoms with E-state index in [-0.39, 0.29) is 0 Å². The summed E-state index contributed by atoms with van der Waals surface area (Å²) in [5, 5.41) is 4.56. The smallest absolute Gasteiger partial charge is 0.0483 e. The van der Waals surface area contributed by atoms with Crippen LogP contribution in [0.2, 0.25) is 0 Å². The number of aryl methyl sites for hydroxylation is 1. The quantitative estimate of drug-likeness (QED) is 0.782. The first-order chi connectivity index (χ1) is 6.86. The fourth-order valence-electron chi connectivity index (χ4n) is 1.91. The summed E-state index contributed by atoms with van der Waals surface area (Å²) in [6.07, 6.45) is 2.16. The van der Waals surface area contributed by atoms with E-state index in [4.69, 9.17) is 0 Å². The molecular formula is C12H16N2. The average molecular weight is 188 g/mol. The Labute approximate surface area is 84.5 Å². The largest absolute Gasteiger partial charge is 0.348 e. The second-order valence-electron chi connectivity index (χ2n) is 3.48. The molecule has 2 heteroatoms. The van der Waals surface area contributed by atoms with E-state index in [0.29, 0.717) is 0 Å². The van der Waals surface area contributed by atoms with Crippen molar-refractivity contribution in [2.45, 2.75) is 20.0 Å². The third kappa shape index (κ3) is 1.42. The maximum Gasteiger partial charge on any atom is 0.0483 e.